The first-order chi connectivity index (χ1) is 7.15. The number of halogens is 1. The minimum atomic E-state index is -0.210. The molecule has 82 valence electrons. The van der Waals surface area contributed by atoms with Crippen LogP contribution in [0.2, 0.25) is 0 Å². The van der Waals surface area contributed by atoms with Crippen LogP contribution in [0.5, 0.6) is 0 Å². The Hall–Kier alpha value is -0.540. The minimum absolute atomic E-state index is 0.146. The van der Waals surface area contributed by atoms with Gasteiger partial charge in [0.05, 0.1) is 0 Å². The van der Waals surface area contributed by atoms with Crippen LogP contribution in [0.4, 0.5) is 4.39 Å². The molecule has 1 aliphatic carbocycles. The van der Waals surface area contributed by atoms with Crippen molar-refractivity contribution in [3.63, 3.8) is 0 Å². The molecule has 1 aliphatic rings. The number of hydrogen-bond donors (Lipinski definition) is 1. The summed E-state index contributed by atoms with van der Waals surface area (Å²) in [6, 6.07) is 5.28. The Bertz CT molecular complexity index is 359. The van der Waals surface area contributed by atoms with Gasteiger partial charge in [-0.3, -0.25) is 0 Å². The van der Waals surface area contributed by atoms with Crippen molar-refractivity contribution < 1.29 is 4.39 Å². The fraction of sp³-hybridized carbons (Fsp3) is 0.500. The van der Waals surface area contributed by atoms with E-state index in [2.05, 4.69) is 0 Å². The highest BCUT2D eigenvalue weighted by Gasteiger charge is 2.31. The van der Waals surface area contributed by atoms with E-state index in [4.69, 9.17) is 5.73 Å². The highest BCUT2D eigenvalue weighted by molar-refractivity contribution is 7.98. The second-order valence-electron chi connectivity index (χ2n) is 4.21. The van der Waals surface area contributed by atoms with Crippen LogP contribution in [0.25, 0.3) is 0 Å². The highest BCUT2D eigenvalue weighted by atomic mass is 32.2. The molecule has 1 aromatic carbocycles. The van der Waals surface area contributed by atoms with Gasteiger partial charge in [0.15, 0.2) is 0 Å². The lowest BCUT2D eigenvalue weighted by Crippen LogP contribution is -2.33. The van der Waals surface area contributed by atoms with Crippen molar-refractivity contribution in [2.75, 3.05) is 6.26 Å². The van der Waals surface area contributed by atoms with Crippen LogP contribution in [0.15, 0.2) is 23.1 Å². The number of hydrogen-bond acceptors (Lipinski definition) is 2. The van der Waals surface area contributed by atoms with E-state index in [1.54, 1.807) is 0 Å². The van der Waals surface area contributed by atoms with Crippen molar-refractivity contribution in [2.45, 2.75) is 36.1 Å². The molecular weight excluding hydrogens is 209 g/mol. The third-order valence-electron chi connectivity index (χ3n) is 3.22. The van der Waals surface area contributed by atoms with Crippen LogP contribution in [0.3, 0.4) is 0 Å². The number of rotatable bonds is 2. The molecule has 0 aromatic heterocycles. The van der Waals surface area contributed by atoms with Gasteiger partial charge in [-0.25, -0.2) is 4.39 Å². The molecule has 0 spiro atoms. The molecule has 15 heavy (non-hydrogen) atoms. The lowest BCUT2D eigenvalue weighted by molar-refractivity contribution is 0.458. The van der Waals surface area contributed by atoms with Crippen LogP contribution < -0.4 is 5.73 Å². The van der Waals surface area contributed by atoms with E-state index in [1.165, 1.54) is 30.7 Å². The summed E-state index contributed by atoms with van der Waals surface area (Å²) in [7, 11) is 0. The maximum atomic E-state index is 13.3. The smallest absolute Gasteiger partial charge is 0.136 e. The Balaban J connectivity index is 2.36. The van der Waals surface area contributed by atoms with Crippen molar-refractivity contribution in [2.24, 2.45) is 5.73 Å². The molecule has 1 nitrogen and oxygen atoms in total. The molecule has 0 atom stereocenters. The zero-order chi connectivity index (χ0) is 10.9. The summed E-state index contributed by atoms with van der Waals surface area (Å²) in [5, 5.41) is 0. The molecule has 1 fully saturated rings. The first kappa shape index (κ1) is 11.0. The van der Waals surface area contributed by atoms with Gasteiger partial charge in [-0.05, 0) is 36.8 Å². The molecule has 0 amide bonds. The zero-order valence-electron chi connectivity index (χ0n) is 8.92. The molecule has 0 bridgehead atoms. The van der Waals surface area contributed by atoms with Gasteiger partial charge in [0.25, 0.3) is 0 Å². The van der Waals surface area contributed by atoms with Crippen LogP contribution >= 0.6 is 11.8 Å². The third-order valence-corrected chi connectivity index (χ3v) is 3.97. The van der Waals surface area contributed by atoms with Gasteiger partial charge in [-0.2, -0.15) is 0 Å². The average Bonchev–Trinajstić information content (AvgIpc) is 2.67. The Kier molecular flexibility index (Phi) is 3.03. The molecule has 3 heteroatoms. The standard InChI is InChI=1S/C12H16FNS/c1-15-11-8-9(4-5-10(11)13)12(14)6-2-3-7-12/h4-5,8H,2-3,6-7,14H2,1H3. The molecule has 1 aromatic rings. The average molecular weight is 225 g/mol. The summed E-state index contributed by atoms with van der Waals surface area (Å²) in [5.41, 5.74) is 7.20. The lowest BCUT2D eigenvalue weighted by Gasteiger charge is -2.24. The monoisotopic (exact) mass is 225 g/mol. The quantitative estimate of drug-likeness (QED) is 0.782. The summed E-state index contributed by atoms with van der Waals surface area (Å²) in [6.45, 7) is 0. The van der Waals surface area contributed by atoms with E-state index >= 15 is 0 Å². The maximum absolute atomic E-state index is 13.3. The second-order valence-corrected chi connectivity index (χ2v) is 5.06. The molecule has 0 aliphatic heterocycles. The van der Waals surface area contributed by atoms with E-state index in [0.29, 0.717) is 4.90 Å². The Morgan fingerprint density at radius 3 is 2.60 bits per heavy atom. The van der Waals surface area contributed by atoms with E-state index < -0.39 is 0 Å². The van der Waals surface area contributed by atoms with Crippen molar-refractivity contribution in [1.29, 1.82) is 0 Å². The summed E-state index contributed by atoms with van der Waals surface area (Å²) in [5.74, 6) is -0.146. The molecule has 0 unspecified atom stereocenters. The topological polar surface area (TPSA) is 26.0 Å². The number of thioether (sulfide) groups is 1. The second kappa shape index (κ2) is 4.14. The zero-order valence-corrected chi connectivity index (χ0v) is 9.74. The van der Waals surface area contributed by atoms with Gasteiger partial charge in [-0.1, -0.05) is 18.9 Å². The summed E-state index contributed by atoms with van der Waals surface area (Å²) < 4.78 is 13.3. The first-order valence-electron chi connectivity index (χ1n) is 5.29. The van der Waals surface area contributed by atoms with Gasteiger partial charge >= 0.3 is 0 Å². The number of nitrogens with two attached hydrogens (primary N) is 1. The van der Waals surface area contributed by atoms with Crippen LogP contribution in [0, 0.1) is 5.82 Å². The maximum Gasteiger partial charge on any atom is 0.136 e. The highest BCUT2D eigenvalue weighted by Crippen LogP contribution is 2.37. The van der Waals surface area contributed by atoms with Crippen molar-refractivity contribution in [3.05, 3.63) is 29.6 Å². The predicted octanol–water partition coefficient (Wildman–Crippen LogP) is 3.28. The Labute approximate surface area is 94.2 Å². The van der Waals surface area contributed by atoms with Crippen molar-refractivity contribution >= 4 is 11.8 Å². The SMILES string of the molecule is CSc1cc(C2(N)CCCC2)ccc1F. The van der Waals surface area contributed by atoms with Gasteiger partial charge in [0.1, 0.15) is 5.82 Å². The van der Waals surface area contributed by atoms with Gasteiger partial charge in [0.2, 0.25) is 0 Å². The van der Waals surface area contributed by atoms with E-state index in [1.807, 2.05) is 18.4 Å². The predicted molar refractivity (Wildman–Crippen MR) is 62.5 cm³/mol. The van der Waals surface area contributed by atoms with Gasteiger partial charge < -0.3 is 5.73 Å². The number of benzene rings is 1. The van der Waals surface area contributed by atoms with Gasteiger partial charge in [-0.15, -0.1) is 11.8 Å². The molecule has 0 heterocycles. The summed E-state index contributed by atoms with van der Waals surface area (Å²) in [4.78, 5) is 0.698. The van der Waals surface area contributed by atoms with Crippen molar-refractivity contribution in [3.8, 4) is 0 Å². The van der Waals surface area contributed by atoms with Crippen molar-refractivity contribution in [1.82, 2.24) is 0 Å². The first-order valence-corrected chi connectivity index (χ1v) is 6.51. The normalized spacial score (nSPS) is 19.4. The van der Waals surface area contributed by atoms with Gasteiger partial charge in [0, 0.05) is 10.4 Å². The van der Waals surface area contributed by atoms with Crippen LogP contribution in [-0.4, -0.2) is 6.26 Å². The van der Waals surface area contributed by atoms with Crippen LogP contribution in [0.1, 0.15) is 31.2 Å². The Morgan fingerprint density at radius 1 is 1.33 bits per heavy atom. The fourth-order valence-electron chi connectivity index (χ4n) is 2.26. The molecule has 2 N–H and O–H groups in total. The van der Waals surface area contributed by atoms with Crippen LogP contribution in [-0.2, 0) is 5.54 Å². The fourth-order valence-corrected chi connectivity index (χ4v) is 2.77. The molecular formula is C12H16FNS. The summed E-state index contributed by atoms with van der Waals surface area (Å²) in [6.07, 6.45) is 6.30. The third kappa shape index (κ3) is 2.04. The molecule has 1 saturated carbocycles. The molecule has 0 saturated heterocycles. The summed E-state index contributed by atoms with van der Waals surface area (Å²) >= 11 is 1.44. The largest absolute Gasteiger partial charge is 0.321 e. The lowest BCUT2D eigenvalue weighted by atomic mass is 9.89. The molecule has 0 radical (unpaired) electrons. The van der Waals surface area contributed by atoms with E-state index in [0.717, 1.165) is 18.4 Å². The Morgan fingerprint density at radius 2 is 2.00 bits per heavy atom. The minimum Gasteiger partial charge on any atom is -0.321 e. The van der Waals surface area contributed by atoms with E-state index in [-0.39, 0.29) is 11.4 Å². The van der Waals surface area contributed by atoms with E-state index in [9.17, 15) is 4.39 Å². The molecule has 2 rings (SSSR count).